The molecular formula is C63H83ClN6O10. The molecule has 4 heterocycles. The zero-order valence-corrected chi connectivity index (χ0v) is 48.2. The Bertz CT molecular complexity index is 2690. The minimum absolute atomic E-state index is 0.0381. The molecule has 17 heteroatoms. The monoisotopic (exact) mass is 1120 g/mol. The number of nitrogens with zero attached hydrogens (tertiary/aromatic N) is 5. The van der Waals surface area contributed by atoms with Crippen LogP contribution in [0.15, 0.2) is 78.9 Å². The van der Waals surface area contributed by atoms with E-state index in [2.05, 4.69) is 63.5 Å². The van der Waals surface area contributed by atoms with E-state index in [1.165, 1.54) is 25.7 Å². The van der Waals surface area contributed by atoms with E-state index < -0.39 is 11.9 Å². The van der Waals surface area contributed by atoms with Gasteiger partial charge in [0.1, 0.15) is 11.8 Å². The fourth-order valence-electron chi connectivity index (χ4n) is 12.2. The van der Waals surface area contributed by atoms with Crippen LogP contribution in [0.2, 0.25) is 5.02 Å². The summed E-state index contributed by atoms with van der Waals surface area (Å²) in [4.78, 5) is 62.3. The van der Waals surface area contributed by atoms with Crippen molar-refractivity contribution in [3.05, 3.63) is 123 Å². The maximum absolute atomic E-state index is 14.1. The van der Waals surface area contributed by atoms with Crippen LogP contribution < -0.4 is 19.9 Å². The van der Waals surface area contributed by atoms with Crippen LogP contribution in [-0.2, 0) is 57.5 Å². The third-order valence-electron chi connectivity index (χ3n) is 16.4. The summed E-state index contributed by atoms with van der Waals surface area (Å²) in [5.41, 5.74) is 8.89. The van der Waals surface area contributed by atoms with Crippen LogP contribution in [0.4, 0.5) is 11.4 Å². The van der Waals surface area contributed by atoms with Crippen LogP contribution in [0.5, 0.6) is 5.75 Å². The quantitative estimate of drug-likeness (QED) is 0.0430. The number of halogens is 1. The molecule has 16 nitrogen and oxygen atoms in total. The highest BCUT2D eigenvalue weighted by Gasteiger charge is 2.40. The number of imide groups is 1. The summed E-state index contributed by atoms with van der Waals surface area (Å²) < 4.78 is 35.0. The van der Waals surface area contributed by atoms with Crippen molar-refractivity contribution in [1.82, 2.24) is 20.0 Å². The standard InChI is InChI=1S/C63H83ClN6O10/c1-44(2)80-58-41-55-49(39-45(58)3)40-60(72)70(61(55)48-12-14-50(64)15-13-48)53-20-18-51(19-21-53)66(4)42-46-10-16-52(17-11-46)68-26-24-67(25-27-68)28-30-76-32-34-78-36-38-79-37-35-77-33-31-75-29-6-8-47-7-5-9-54-56(47)43-69(63(54)74)57-22-23-59(71)65-62(57)73/h5,7,9,12-15,18-21,39,41,44,46,52,57,61H,6,8,10-11,16-17,22-38,40,42-43H2,1-4H3,(H,65,71,73)/t46?,52?,57?,61-/m0/s1. The van der Waals surface area contributed by atoms with Crippen molar-refractivity contribution >= 4 is 46.6 Å². The summed E-state index contributed by atoms with van der Waals surface area (Å²) in [6.07, 6.45) is 7.49. The normalized spacial score (nSPS) is 20.8. The van der Waals surface area contributed by atoms with Crippen LogP contribution in [0.25, 0.3) is 0 Å². The molecule has 80 heavy (non-hydrogen) atoms. The Hall–Kier alpha value is -5.43. The predicted octanol–water partition coefficient (Wildman–Crippen LogP) is 8.20. The van der Waals surface area contributed by atoms with Gasteiger partial charge in [0.05, 0.1) is 78.0 Å². The molecule has 4 aliphatic heterocycles. The van der Waals surface area contributed by atoms with Gasteiger partial charge >= 0.3 is 0 Å². The highest BCUT2D eigenvalue weighted by molar-refractivity contribution is 6.30. The number of ether oxygens (including phenoxy) is 6. The molecule has 3 fully saturated rings. The first-order chi connectivity index (χ1) is 38.9. The van der Waals surface area contributed by atoms with Gasteiger partial charge in [0.15, 0.2) is 0 Å². The summed E-state index contributed by atoms with van der Waals surface area (Å²) in [5.74, 6) is 0.738. The van der Waals surface area contributed by atoms with E-state index in [0.29, 0.717) is 108 Å². The Kier molecular flexibility index (Phi) is 21.5. The molecule has 9 rings (SSSR count). The SMILES string of the molecule is Cc1cc2c(cc1OC(C)C)[C@H](c1ccc(Cl)cc1)N(c1ccc(N(C)CC3CCC(N4CCN(CCOCCOCCOCCOCCOCCCc5cccc6c5CN(C5CCC(=O)NC5=O)C6=O)CC4)CC3)cc1)C(=O)C2. The van der Waals surface area contributed by atoms with Crippen molar-refractivity contribution in [3.63, 3.8) is 0 Å². The van der Waals surface area contributed by atoms with Crippen molar-refractivity contribution in [2.24, 2.45) is 5.92 Å². The van der Waals surface area contributed by atoms with Crippen molar-refractivity contribution < 1.29 is 47.6 Å². The largest absolute Gasteiger partial charge is 0.491 e. The van der Waals surface area contributed by atoms with E-state index in [4.69, 9.17) is 40.0 Å². The van der Waals surface area contributed by atoms with Crippen LogP contribution in [0, 0.1) is 12.8 Å². The van der Waals surface area contributed by atoms with Crippen molar-refractivity contribution in [2.45, 2.75) is 109 Å². The average molecular weight is 1120 g/mol. The van der Waals surface area contributed by atoms with E-state index in [0.717, 1.165) is 103 Å². The number of benzene rings is 4. The molecule has 5 aliphatic rings. The lowest BCUT2D eigenvalue weighted by Gasteiger charge is -2.42. The molecule has 1 N–H and O–H groups in total. The maximum Gasteiger partial charge on any atom is 0.255 e. The number of carbonyl (C=O) groups excluding carboxylic acids is 4. The Morgan fingerprint density at radius 2 is 1.39 bits per heavy atom. The molecule has 0 radical (unpaired) electrons. The molecule has 4 aromatic rings. The van der Waals surface area contributed by atoms with Crippen LogP contribution in [-0.4, -0.2) is 169 Å². The molecule has 2 atom stereocenters. The third kappa shape index (κ3) is 15.6. The summed E-state index contributed by atoms with van der Waals surface area (Å²) in [6, 6.07) is 26.1. The molecule has 4 aromatic carbocycles. The van der Waals surface area contributed by atoms with Gasteiger partial charge in [0, 0.05) is 93.9 Å². The molecule has 1 unspecified atom stereocenters. The van der Waals surface area contributed by atoms with Gasteiger partial charge in [-0.2, -0.15) is 0 Å². The number of amides is 4. The topological polar surface area (TPSA) is 152 Å². The molecule has 0 bridgehead atoms. The summed E-state index contributed by atoms with van der Waals surface area (Å²) in [7, 11) is 2.20. The van der Waals surface area contributed by atoms with Gasteiger partial charge in [-0.15, -0.1) is 0 Å². The summed E-state index contributed by atoms with van der Waals surface area (Å²) in [5, 5.41) is 3.03. The highest BCUT2D eigenvalue weighted by Crippen LogP contribution is 2.42. The first-order valence-electron chi connectivity index (χ1n) is 29.2. The Morgan fingerprint density at radius 3 is 2.04 bits per heavy atom. The molecule has 432 valence electrons. The number of anilines is 2. The maximum atomic E-state index is 14.1. The number of hydrogen-bond acceptors (Lipinski definition) is 13. The van der Waals surface area contributed by atoms with Gasteiger partial charge in [0.2, 0.25) is 17.7 Å². The molecule has 0 spiro atoms. The first-order valence-corrected chi connectivity index (χ1v) is 29.6. The zero-order chi connectivity index (χ0) is 56.0. The van der Waals surface area contributed by atoms with E-state index in [1.54, 1.807) is 4.90 Å². The average Bonchev–Trinajstić information content (AvgIpc) is 3.90. The van der Waals surface area contributed by atoms with Gasteiger partial charge in [-0.3, -0.25) is 34.3 Å². The van der Waals surface area contributed by atoms with Crippen LogP contribution >= 0.6 is 11.6 Å². The van der Waals surface area contributed by atoms with Crippen molar-refractivity contribution in [2.75, 3.05) is 122 Å². The summed E-state index contributed by atoms with van der Waals surface area (Å²) in [6.45, 7) is 18.2. The predicted molar refractivity (Wildman–Crippen MR) is 310 cm³/mol. The Morgan fingerprint density at radius 1 is 0.738 bits per heavy atom. The second-order valence-electron chi connectivity index (χ2n) is 22.3. The Labute approximate surface area is 478 Å². The van der Waals surface area contributed by atoms with Crippen molar-refractivity contribution in [1.29, 1.82) is 0 Å². The molecule has 4 amide bonds. The lowest BCUT2D eigenvalue weighted by Crippen LogP contribution is -2.52. The number of piperazine rings is 1. The molecule has 1 aliphatic carbocycles. The smallest absolute Gasteiger partial charge is 0.255 e. The number of rotatable bonds is 28. The molecular weight excluding hydrogens is 1040 g/mol. The number of fused-ring (bicyclic) bond motifs is 2. The van der Waals surface area contributed by atoms with Gasteiger partial charge in [0.25, 0.3) is 5.91 Å². The van der Waals surface area contributed by atoms with Gasteiger partial charge in [-0.05, 0) is 154 Å². The second-order valence-corrected chi connectivity index (χ2v) is 22.8. The minimum Gasteiger partial charge on any atom is -0.491 e. The van der Waals surface area contributed by atoms with Crippen molar-refractivity contribution in [3.8, 4) is 5.75 Å². The fraction of sp³-hybridized carbons (Fsp3) is 0.556. The molecule has 1 saturated carbocycles. The van der Waals surface area contributed by atoms with Gasteiger partial charge in [-0.1, -0.05) is 41.9 Å². The fourth-order valence-corrected chi connectivity index (χ4v) is 12.3. The number of piperidine rings is 1. The highest BCUT2D eigenvalue weighted by atomic mass is 35.5. The first kappa shape index (κ1) is 59.2. The van der Waals surface area contributed by atoms with Gasteiger partial charge < -0.3 is 43.1 Å². The van der Waals surface area contributed by atoms with E-state index in [1.807, 2.05) is 68.1 Å². The van der Waals surface area contributed by atoms with E-state index in [-0.39, 0.29) is 36.3 Å². The second kappa shape index (κ2) is 29.0. The van der Waals surface area contributed by atoms with Crippen LogP contribution in [0.3, 0.4) is 0 Å². The Balaban J connectivity index is 0.577. The number of hydrogen-bond donors (Lipinski definition) is 1. The van der Waals surface area contributed by atoms with Crippen LogP contribution in [0.1, 0.15) is 109 Å². The summed E-state index contributed by atoms with van der Waals surface area (Å²) >= 11 is 6.35. The number of aryl methyl sites for hydroxylation is 2. The lowest BCUT2D eigenvalue weighted by molar-refractivity contribution is -0.137. The lowest BCUT2D eigenvalue weighted by atomic mass is 9.84. The third-order valence-corrected chi connectivity index (χ3v) is 16.7. The van der Waals surface area contributed by atoms with E-state index in [9.17, 15) is 19.2 Å². The van der Waals surface area contributed by atoms with E-state index >= 15 is 0 Å². The minimum atomic E-state index is -0.613. The molecule has 0 aromatic heterocycles. The van der Waals surface area contributed by atoms with Gasteiger partial charge in [-0.25, -0.2) is 0 Å². The number of nitrogens with one attached hydrogen (secondary N) is 1. The number of carbonyl (C=O) groups is 4. The molecule has 2 saturated heterocycles. The zero-order valence-electron chi connectivity index (χ0n) is 47.5.